The zero-order valence-electron chi connectivity index (χ0n) is 9.05. The average molecular weight is 222 g/mol. The van der Waals surface area contributed by atoms with Crippen LogP contribution in [0.25, 0.3) is 0 Å². The molecule has 0 bridgehead atoms. The van der Waals surface area contributed by atoms with Crippen LogP contribution in [0.1, 0.15) is 12.8 Å². The van der Waals surface area contributed by atoms with Crippen molar-refractivity contribution < 1.29 is 9.13 Å². The number of ether oxygens (including phenoxy) is 1. The summed E-state index contributed by atoms with van der Waals surface area (Å²) >= 11 is 0. The van der Waals surface area contributed by atoms with Gasteiger partial charge >= 0.3 is 0 Å². The van der Waals surface area contributed by atoms with Gasteiger partial charge in [-0.15, -0.1) is 0 Å². The maximum atomic E-state index is 13.5. The fourth-order valence-corrected chi connectivity index (χ4v) is 2.46. The number of nitrogens with one attached hydrogen (secondary N) is 2. The second-order valence-corrected chi connectivity index (χ2v) is 4.53. The quantitative estimate of drug-likeness (QED) is 0.706. The highest BCUT2D eigenvalue weighted by Gasteiger charge is 2.36. The van der Waals surface area contributed by atoms with E-state index in [2.05, 4.69) is 10.6 Å². The van der Waals surface area contributed by atoms with Gasteiger partial charge in [0.05, 0.1) is 16.9 Å². The van der Waals surface area contributed by atoms with E-state index in [9.17, 15) is 4.39 Å². The molecule has 3 rings (SSSR count). The monoisotopic (exact) mass is 222 g/mol. The second kappa shape index (κ2) is 3.63. The van der Waals surface area contributed by atoms with Crippen molar-refractivity contribution in [3.8, 4) is 0 Å². The number of para-hydroxylation sites is 1. The lowest BCUT2D eigenvalue weighted by atomic mass is 9.87. The Balaban J connectivity index is 1.91. The number of anilines is 2. The molecule has 86 valence electrons. The van der Waals surface area contributed by atoms with Crippen molar-refractivity contribution in [2.24, 2.45) is 0 Å². The standard InChI is InChI=1S/C12H15FN2O/c13-9-2-1-3-10-11(9)14-8-12(15-10)4-6-16-7-5-12/h1-3,14-15H,4-8H2. The first-order valence-corrected chi connectivity index (χ1v) is 5.67. The first-order chi connectivity index (χ1) is 7.79. The summed E-state index contributed by atoms with van der Waals surface area (Å²) in [6, 6.07) is 5.14. The van der Waals surface area contributed by atoms with Gasteiger partial charge in [0, 0.05) is 19.8 Å². The highest BCUT2D eigenvalue weighted by molar-refractivity contribution is 5.72. The Labute approximate surface area is 94.0 Å². The van der Waals surface area contributed by atoms with Gasteiger partial charge in [-0.05, 0) is 25.0 Å². The molecular weight excluding hydrogens is 207 g/mol. The van der Waals surface area contributed by atoms with Crippen molar-refractivity contribution in [3.05, 3.63) is 24.0 Å². The summed E-state index contributed by atoms with van der Waals surface area (Å²) in [4.78, 5) is 0. The van der Waals surface area contributed by atoms with Crippen LogP contribution >= 0.6 is 0 Å². The molecule has 2 N–H and O–H groups in total. The highest BCUT2D eigenvalue weighted by atomic mass is 19.1. The molecule has 1 aromatic carbocycles. The summed E-state index contributed by atoms with van der Waals surface area (Å²) in [5.74, 6) is -0.188. The zero-order chi connectivity index (χ0) is 11.0. The minimum atomic E-state index is -0.188. The van der Waals surface area contributed by atoms with Crippen LogP contribution in [0.3, 0.4) is 0 Å². The second-order valence-electron chi connectivity index (χ2n) is 4.53. The first kappa shape index (κ1) is 9.90. The lowest BCUT2D eigenvalue weighted by molar-refractivity contribution is 0.0634. The molecule has 2 heterocycles. The fraction of sp³-hybridized carbons (Fsp3) is 0.500. The fourth-order valence-electron chi connectivity index (χ4n) is 2.46. The molecule has 0 saturated carbocycles. The van der Waals surface area contributed by atoms with Crippen molar-refractivity contribution >= 4 is 11.4 Å². The van der Waals surface area contributed by atoms with E-state index in [1.54, 1.807) is 6.07 Å². The lowest BCUT2D eigenvalue weighted by Crippen LogP contribution is -2.51. The van der Waals surface area contributed by atoms with Crippen LogP contribution in [0.2, 0.25) is 0 Å². The average Bonchev–Trinajstić information content (AvgIpc) is 2.30. The first-order valence-electron chi connectivity index (χ1n) is 5.67. The van der Waals surface area contributed by atoms with Crippen LogP contribution in [-0.2, 0) is 4.74 Å². The predicted octanol–water partition coefficient (Wildman–Crippen LogP) is 2.21. The third kappa shape index (κ3) is 1.53. The van der Waals surface area contributed by atoms with Gasteiger partial charge in [-0.1, -0.05) is 6.07 Å². The summed E-state index contributed by atoms with van der Waals surface area (Å²) in [6.45, 7) is 2.32. The van der Waals surface area contributed by atoms with Crippen LogP contribution in [0.15, 0.2) is 18.2 Å². The Kier molecular flexibility index (Phi) is 2.24. The Bertz CT molecular complexity index is 402. The summed E-state index contributed by atoms with van der Waals surface area (Å²) in [5.41, 5.74) is 1.51. The molecule has 2 aliphatic heterocycles. The van der Waals surface area contributed by atoms with Crippen LogP contribution in [0.5, 0.6) is 0 Å². The van der Waals surface area contributed by atoms with Gasteiger partial charge in [0.15, 0.2) is 0 Å². The Morgan fingerprint density at radius 1 is 1.25 bits per heavy atom. The Morgan fingerprint density at radius 3 is 2.88 bits per heavy atom. The smallest absolute Gasteiger partial charge is 0.148 e. The van der Waals surface area contributed by atoms with Crippen LogP contribution in [0, 0.1) is 5.82 Å². The van der Waals surface area contributed by atoms with Crippen molar-refractivity contribution in [3.63, 3.8) is 0 Å². The molecule has 0 aliphatic carbocycles. The van der Waals surface area contributed by atoms with Crippen LogP contribution in [-0.4, -0.2) is 25.3 Å². The number of benzene rings is 1. The van der Waals surface area contributed by atoms with E-state index in [-0.39, 0.29) is 11.4 Å². The van der Waals surface area contributed by atoms with Crippen molar-refractivity contribution in [1.82, 2.24) is 0 Å². The van der Waals surface area contributed by atoms with Gasteiger partial charge in [-0.25, -0.2) is 4.39 Å². The van der Waals surface area contributed by atoms with Gasteiger partial charge < -0.3 is 15.4 Å². The summed E-state index contributed by atoms with van der Waals surface area (Å²) in [7, 11) is 0. The number of halogens is 1. The molecule has 0 aromatic heterocycles. The van der Waals surface area contributed by atoms with Gasteiger partial charge in [-0.2, -0.15) is 0 Å². The van der Waals surface area contributed by atoms with Crippen molar-refractivity contribution in [2.75, 3.05) is 30.4 Å². The van der Waals surface area contributed by atoms with E-state index in [0.717, 1.165) is 38.3 Å². The van der Waals surface area contributed by atoms with E-state index in [1.165, 1.54) is 6.07 Å². The molecular formula is C12H15FN2O. The largest absolute Gasteiger partial charge is 0.381 e. The van der Waals surface area contributed by atoms with E-state index >= 15 is 0 Å². The van der Waals surface area contributed by atoms with Crippen LogP contribution in [0.4, 0.5) is 15.8 Å². The maximum Gasteiger partial charge on any atom is 0.148 e. The Morgan fingerprint density at radius 2 is 2.06 bits per heavy atom. The van der Waals surface area contributed by atoms with Crippen LogP contribution < -0.4 is 10.6 Å². The number of fused-ring (bicyclic) bond motifs is 1. The minimum absolute atomic E-state index is 0.0407. The molecule has 2 aliphatic rings. The predicted molar refractivity (Wildman–Crippen MR) is 61.3 cm³/mol. The molecule has 0 radical (unpaired) electrons. The van der Waals surface area contributed by atoms with Gasteiger partial charge in [0.25, 0.3) is 0 Å². The number of hydrogen-bond donors (Lipinski definition) is 2. The van der Waals surface area contributed by atoms with Crippen molar-refractivity contribution in [2.45, 2.75) is 18.4 Å². The van der Waals surface area contributed by atoms with Gasteiger partial charge in [-0.3, -0.25) is 0 Å². The van der Waals surface area contributed by atoms with E-state index in [0.29, 0.717) is 5.69 Å². The Hall–Kier alpha value is -1.29. The summed E-state index contributed by atoms with van der Waals surface area (Å²) < 4.78 is 18.9. The molecule has 1 aromatic rings. The van der Waals surface area contributed by atoms with E-state index in [4.69, 9.17) is 4.74 Å². The molecule has 3 nitrogen and oxygen atoms in total. The molecule has 4 heteroatoms. The van der Waals surface area contributed by atoms with E-state index < -0.39 is 0 Å². The zero-order valence-corrected chi connectivity index (χ0v) is 9.05. The molecule has 0 unspecified atom stereocenters. The highest BCUT2D eigenvalue weighted by Crippen LogP contribution is 2.36. The minimum Gasteiger partial charge on any atom is -0.381 e. The molecule has 1 spiro atoms. The normalized spacial score (nSPS) is 22.1. The maximum absolute atomic E-state index is 13.5. The summed E-state index contributed by atoms with van der Waals surface area (Å²) in [5, 5.41) is 6.67. The van der Waals surface area contributed by atoms with E-state index in [1.807, 2.05) is 6.07 Å². The van der Waals surface area contributed by atoms with Crippen molar-refractivity contribution in [1.29, 1.82) is 0 Å². The molecule has 0 amide bonds. The third-order valence-corrected chi connectivity index (χ3v) is 3.47. The van der Waals surface area contributed by atoms with Gasteiger partial charge in [0.1, 0.15) is 5.82 Å². The third-order valence-electron chi connectivity index (χ3n) is 3.47. The number of hydrogen-bond acceptors (Lipinski definition) is 3. The number of rotatable bonds is 0. The molecule has 1 fully saturated rings. The molecule has 16 heavy (non-hydrogen) atoms. The molecule has 1 saturated heterocycles. The van der Waals surface area contributed by atoms with Gasteiger partial charge in [0.2, 0.25) is 0 Å². The SMILES string of the molecule is Fc1cccc2c1NCC1(CCOCC1)N2. The summed E-state index contributed by atoms with van der Waals surface area (Å²) in [6.07, 6.45) is 1.94. The lowest BCUT2D eigenvalue weighted by Gasteiger charge is -2.43. The topological polar surface area (TPSA) is 33.3 Å². The molecule has 0 atom stereocenters.